The monoisotopic (exact) mass is 542 g/mol. The molecule has 1 fully saturated rings. The molecule has 12 nitrogen and oxygen atoms in total. The van der Waals surface area contributed by atoms with Gasteiger partial charge < -0.3 is 55.1 Å². The second-order valence-corrected chi connectivity index (χ2v) is 8.78. The van der Waals surface area contributed by atoms with Crippen LogP contribution in [0.3, 0.4) is 0 Å². The minimum atomic E-state index is -1.75. The van der Waals surface area contributed by atoms with E-state index in [0.29, 0.717) is 5.56 Å². The topological polar surface area (TPSA) is 207 Å². The van der Waals surface area contributed by atoms with E-state index in [1.807, 2.05) is 0 Å². The van der Waals surface area contributed by atoms with Gasteiger partial charge >= 0.3 is 5.97 Å². The van der Waals surface area contributed by atoms with Crippen LogP contribution in [0.5, 0.6) is 34.5 Å². The Morgan fingerprint density at radius 3 is 2.08 bits per heavy atom. The maximum absolute atomic E-state index is 12.3. The van der Waals surface area contributed by atoms with Crippen molar-refractivity contribution in [2.24, 2.45) is 0 Å². The summed E-state index contributed by atoms with van der Waals surface area (Å²) in [7, 11) is 0. The van der Waals surface area contributed by atoms with Gasteiger partial charge in [0, 0.05) is 6.07 Å². The SMILES string of the molecule is O=C(OC[C@H]1O[C@@H](Oc2cc(O)cc(/C=C/c3ccc(O)cc3)c2)[C@H](O)[C@@H](O)[C@@H]1O)c1cc(O)c(O)c(O)c1. The Kier molecular flexibility index (Phi) is 8.12. The quantitative estimate of drug-likeness (QED) is 0.121. The first-order chi connectivity index (χ1) is 18.5. The number of carbonyl (C=O) groups is 1. The molecule has 5 atom stereocenters. The van der Waals surface area contributed by atoms with Gasteiger partial charge in [-0.05, 0) is 47.5 Å². The number of phenols is 5. The predicted molar refractivity (Wildman–Crippen MR) is 134 cm³/mol. The van der Waals surface area contributed by atoms with Crippen molar-refractivity contribution in [3.05, 3.63) is 71.3 Å². The summed E-state index contributed by atoms with van der Waals surface area (Å²) in [5, 5.41) is 79.1. The number of hydrogen-bond donors (Lipinski definition) is 8. The number of benzene rings is 3. The number of aromatic hydroxyl groups is 5. The van der Waals surface area contributed by atoms with Crippen molar-refractivity contribution in [1.29, 1.82) is 0 Å². The molecule has 8 N–H and O–H groups in total. The van der Waals surface area contributed by atoms with Crippen LogP contribution in [0.2, 0.25) is 0 Å². The van der Waals surface area contributed by atoms with Gasteiger partial charge in [0.1, 0.15) is 48.3 Å². The zero-order valence-electron chi connectivity index (χ0n) is 20.2. The first-order valence-corrected chi connectivity index (χ1v) is 11.6. The Morgan fingerprint density at radius 2 is 1.41 bits per heavy atom. The number of carbonyl (C=O) groups excluding carboxylic acids is 1. The molecule has 0 unspecified atom stereocenters. The standard InChI is InChI=1S/C27H26O12/c28-16-5-3-13(4-6-16)1-2-14-7-17(29)11-18(8-14)38-27-25(35)24(34)23(33)21(39-27)12-37-26(36)15-9-19(30)22(32)20(31)10-15/h1-11,21,23-25,27-35H,12H2/b2-1+/t21-,23-,24+,25-,27-/m1/s1. The van der Waals surface area contributed by atoms with E-state index < -0.39 is 60.5 Å². The third-order valence-corrected chi connectivity index (χ3v) is 5.88. The highest BCUT2D eigenvalue weighted by Crippen LogP contribution is 2.35. The smallest absolute Gasteiger partial charge is 0.338 e. The molecule has 0 aromatic heterocycles. The molecular formula is C27H26O12. The summed E-state index contributed by atoms with van der Waals surface area (Å²) < 4.78 is 16.2. The molecule has 12 heteroatoms. The molecule has 0 aliphatic carbocycles. The second-order valence-electron chi connectivity index (χ2n) is 8.78. The summed E-state index contributed by atoms with van der Waals surface area (Å²) in [4.78, 5) is 12.3. The largest absolute Gasteiger partial charge is 0.508 e. The molecule has 1 aliphatic heterocycles. The predicted octanol–water partition coefficient (Wildman–Crippen LogP) is 1.43. The van der Waals surface area contributed by atoms with Crippen molar-refractivity contribution in [2.75, 3.05) is 6.61 Å². The van der Waals surface area contributed by atoms with E-state index >= 15 is 0 Å². The lowest BCUT2D eigenvalue weighted by molar-refractivity contribution is -0.277. The third kappa shape index (κ3) is 6.51. The molecule has 1 heterocycles. The molecule has 0 bridgehead atoms. The van der Waals surface area contributed by atoms with Gasteiger partial charge in [-0.1, -0.05) is 24.3 Å². The summed E-state index contributed by atoms with van der Waals surface area (Å²) in [6.45, 7) is -0.618. The summed E-state index contributed by atoms with van der Waals surface area (Å²) in [5.74, 6) is -3.38. The van der Waals surface area contributed by atoms with E-state index in [9.17, 15) is 45.6 Å². The molecule has 0 radical (unpaired) electrons. The Labute approximate surface area is 221 Å². The zero-order chi connectivity index (χ0) is 28.3. The summed E-state index contributed by atoms with van der Waals surface area (Å²) in [6.07, 6.45) is -4.65. The minimum absolute atomic E-state index is 0.0544. The first-order valence-electron chi connectivity index (χ1n) is 11.6. The lowest BCUT2D eigenvalue weighted by atomic mass is 9.99. The van der Waals surface area contributed by atoms with Gasteiger partial charge in [0.15, 0.2) is 17.2 Å². The zero-order valence-corrected chi connectivity index (χ0v) is 20.2. The fraction of sp³-hybridized carbons (Fsp3) is 0.222. The number of aliphatic hydroxyl groups is 3. The molecular weight excluding hydrogens is 516 g/mol. The van der Waals surface area contributed by atoms with Crippen LogP contribution < -0.4 is 4.74 Å². The van der Waals surface area contributed by atoms with Crippen molar-refractivity contribution < 1.29 is 59.9 Å². The van der Waals surface area contributed by atoms with Crippen LogP contribution >= 0.6 is 0 Å². The Morgan fingerprint density at radius 1 is 0.769 bits per heavy atom. The van der Waals surface area contributed by atoms with Crippen molar-refractivity contribution in [1.82, 2.24) is 0 Å². The van der Waals surface area contributed by atoms with Gasteiger partial charge in [0.05, 0.1) is 5.56 Å². The Balaban J connectivity index is 1.45. The van der Waals surface area contributed by atoms with Crippen molar-refractivity contribution in [2.45, 2.75) is 30.7 Å². The maximum atomic E-state index is 12.3. The molecule has 0 spiro atoms. The molecule has 0 amide bonds. The maximum Gasteiger partial charge on any atom is 0.338 e. The number of esters is 1. The molecule has 39 heavy (non-hydrogen) atoms. The van der Waals surface area contributed by atoms with Crippen molar-refractivity contribution >= 4 is 18.1 Å². The van der Waals surface area contributed by atoms with E-state index in [0.717, 1.165) is 17.7 Å². The van der Waals surface area contributed by atoms with Gasteiger partial charge in [-0.3, -0.25) is 0 Å². The van der Waals surface area contributed by atoms with Gasteiger partial charge in [-0.2, -0.15) is 0 Å². The van der Waals surface area contributed by atoms with Crippen LogP contribution in [0.15, 0.2) is 54.6 Å². The van der Waals surface area contributed by atoms with E-state index in [4.69, 9.17) is 14.2 Å². The minimum Gasteiger partial charge on any atom is -0.508 e. The third-order valence-electron chi connectivity index (χ3n) is 5.88. The normalized spacial score (nSPS) is 23.0. The van der Waals surface area contributed by atoms with Gasteiger partial charge in [-0.25, -0.2) is 4.79 Å². The second kappa shape index (κ2) is 11.5. The first kappa shape index (κ1) is 27.5. The van der Waals surface area contributed by atoms with Crippen molar-refractivity contribution in [3.63, 3.8) is 0 Å². The van der Waals surface area contributed by atoms with Gasteiger partial charge in [0.25, 0.3) is 0 Å². The molecule has 1 aliphatic rings. The van der Waals surface area contributed by atoms with E-state index in [1.165, 1.54) is 30.3 Å². The van der Waals surface area contributed by atoms with E-state index in [2.05, 4.69) is 0 Å². The number of aliphatic hydroxyl groups excluding tert-OH is 3. The molecule has 1 saturated heterocycles. The van der Waals surface area contributed by atoms with Crippen LogP contribution in [-0.4, -0.2) is 84.1 Å². The molecule has 0 saturated carbocycles. The van der Waals surface area contributed by atoms with Crippen LogP contribution in [0.4, 0.5) is 0 Å². The highest BCUT2D eigenvalue weighted by Gasteiger charge is 2.45. The number of phenolic OH excluding ortho intramolecular Hbond substituents is 5. The highest BCUT2D eigenvalue weighted by molar-refractivity contribution is 5.91. The fourth-order valence-corrected chi connectivity index (χ4v) is 3.80. The van der Waals surface area contributed by atoms with Crippen molar-refractivity contribution in [3.8, 4) is 34.5 Å². The van der Waals surface area contributed by atoms with E-state index in [1.54, 1.807) is 24.3 Å². The summed E-state index contributed by atoms with van der Waals surface area (Å²) >= 11 is 0. The molecule has 3 aromatic rings. The Hall–Kier alpha value is -4.49. The van der Waals surface area contributed by atoms with Crippen LogP contribution in [0.25, 0.3) is 12.2 Å². The Bertz CT molecular complexity index is 1330. The van der Waals surface area contributed by atoms with Gasteiger partial charge in [0.2, 0.25) is 6.29 Å². The summed E-state index contributed by atoms with van der Waals surface area (Å²) in [5.41, 5.74) is 0.973. The number of hydrogen-bond acceptors (Lipinski definition) is 12. The highest BCUT2D eigenvalue weighted by atomic mass is 16.7. The molecule has 3 aromatic carbocycles. The lowest BCUT2D eigenvalue weighted by Crippen LogP contribution is -2.60. The number of ether oxygens (including phenoxy) is 3. The molecule has 206 valence electrons. The number of rotatable bonds is 7. The summed E-state index contributed by atoms with van der Waals surface area (Å²) in [6, 6.07) is 12.3. The fourth-order valence-electron chi connectivity index (χ4n) is 3.80. The molecule has 4 rings (SSSR count). The van der Waals surface area contributed by atoms with Crippen LogP contribution in [0, 0.1) is 0 Å². The van der Waals surface area contributed by atoms with Crippen LogP contribution in [-0.2, 0) is 9.47 Å². The van der Waals surface area contributed by atoms with Crippen LogP contribution in [0.1, 0.15) is 21.5 Å². The van der Waals surface area contributed by atoms with Gasteiger partial charge in [-0.15, -0.1) is 0 Å². The van der Waals surface area contributed by atoms with E-state index in [-0.39, 0.29) is 22.8 Å². The average molecular weight is 542 g/mol. The average Bonchev–Trinajstić information content (AvgIpc) is 2.90. The lowest BCUT2D eigenvalue weighted by Gasteiger charge is -2.39.